The Labute approximate surface area is 117 Å². The Kier molecular flexibility index (Phi) is 7.14. The van der Waals surface area contributed by atoms with Crippen LogP contribution in [0.2, 0.25) is 0 Å². The number of likely N-dealkylation sites (tertiary alicyclic amines) is 1. The number of hydrogen-bond acceptors (Lipinski definition) is 2. The molecule has 0 radical (unpaired) electrons. The summed E-state index contributed by atoms with van der Waals surface area (Å²) in [5.41, 5.74) is 1.39. The van der Waals surface area contributed by atoms with Crippen LogP contribution < -0.4 is 4.74 Å². The number of aryl methyl sites for hydroxylation is 1. The van der Waals surface area contributed by atoms with Crippen molar-refractivity contribution in [3.05, 3.63) is 29.8 Å². The van der Waals surface area contributed by atoms with Crippen LogP contribution in [-0.4, -0.2) is 31.6 Å². The van der Waals surface area contributed by atoms with Crippen LogP contribution in [0.5, 0.6) is 5.75 Å². The molecule has 0 N–H and O–H groups in total. The summed E-state index contributed by atoms with van der Waals surface area (Å²) < 4.78 is 5.24. The summed E-state index contributed by atoms with van der Waals surface area (Å²) in [4.78, 5) is 2.60. The van der Waals surface area contributed by atoms with Crippen molar-refractivity contribution < 1.29 is 4.74 Å². The largest absolute Gasteiger partial charge is 0.497 e. The number of piperidine rings is 1. The molecule has 0 aromatic heterocycles. The Morgan fingerprint density at radius 1 is 1.17 bits per heavy atom. The Balaban J connectivity index is 0.00000162. The molecule has 0 aliphatic carbocycles. The highest BCUT2D eigenvalue weighted by Crippen LogP contribution is 2.15. The van der Waals surface area contributed by atoms with Gasteiger partial charge in [0.1, 0.15) is 5.75 Å². The topological polar surface area (TPSA) is 12.5 Å². The molecule has 1 aliphatic heterocycles. The molecule has 0 saturated carbocycles. The van der Waals surface area contributed by atoms with Gasteiger partial charge in [-0.1, -0.05) is 18.6 Å². The van der Waals surface area contributed by atoms with Gasteiger partial charge < -0.3 is 9.64 Å². The number of benzene rings is 1. The minimum Gasteiger partial charge on any atom is -0.497 e. The number of ether oxygens (including phenoxy) is 1. The van der Waals surface area contributed by atoms with Crippen molar-refractivity contribution in [1.82, 2.24) is 4.90 Å². The Morgan fingerprint density at radius 2 is 1.94 bits per heavy atom. The van der Waals surface area contributed by atoms with Crippen LogP contribution in [0.3, 0.4) is 0 Å². The average molecular weight is 270 g/mol. The maximum atomic E-state index is 5.24. The highest BCUT2D eigenvalue weighted by molar-refractivity contribution is 5.85. The van der Waals surface area contributed by atoms with E-state index in [9.17, 15) is 0 Å². The van der Waals surface area contributed by atoms with Crippen molar-refractivity contribution in [1.29, 1.82) is 0 Å². The van der Waals surface area contributed by atoms with Crippen molar-refractivity contribution in [2.24, 2.45) is 0 Å². The number of hydrogen-bond donors (Lipinski definition) is 0. The fourth-order valence-electron chi connectivity index (χ4n) is 2.52. The van der Waals surface area contributed by atoms with Gasteiger partial charge in [0.05, 0.1) is 7.11 Å². The van der Waals surface area contributed by atoms with Gasteiger partial charge in [-0.25, -0.2) is 0 Å². The van der Waals surface area contributed by atoms with Gasteiger partial charge in [-0.15, -0.1) is 12.4 Å². The third-order valence-electron chi connectivity index (χ3n) is 3.52. The fourth-order valence-corrected chi connectivity index (χ4v) is 2.52. The lowest BCUT2D eigenvalue weighted by Crippen LogP contribution is -2.30. The zero-order chi connectivity index (χ0) is 11.9. The molecule has 2 nitrogen and oxygen atoms in total. The standard InChI is InChI=1S/C15H23NO.ClH/c1-17-15-9-5-7-14(13-15)8-6-12-16-10-3-2-4-11-16;/h5,7,9,13H,2-4,6,8,10-12H2,1H3;1H. The fraction of sp³-hybridized carbons (Fsp3) is 0.600. The number of rotatable bonds is 5. The summed E-state index contributed by atoms with van der Waals surface area (Å²) >= 11 is 0. The molecule has 18 heavy (non-hydrogen) atoms. The maximum absolute atomic E-state index is 5.24. The number of methoxy groups -OCH3 is 1. The summed E-state index contributed by atoms with van der Waals surface area (Å²) in [5.74, 6) is 0.973. The molecule has 0 amide bonds. The number of halogens is 1. The quantitative estimate of drug-likeness (QED) is 0.811. The van der Waals surface area contributed by atoms with E-state index >= 15 is 0 Å². The lowest BCUT2D eigenvalue weighted by molar-refractivity contribution is 0.226. The molecule has 2 rings (SSSR count). The minimum absolute atomic E-state index is 0. The average Bonchev–Trinajstić information content (AvgIpc) is 2.40. The molecule has 0 unspecified atom stereocenters. The lowest BCUT2D eigenvalue weighted by atomic mass is 10.1. The molecular weight excluding hydrogens is 246 g/mol. The molecule has 1 fully saturated rings. The van der Waals surface area contributed by atoms with E-state index in [2.05, 4.69) is 23.1 Å². The highest BCUT2D eigenvalue weighted by Gasteiger charge is 2.09. The van der Waals surface area contributed by atoms with Gasteiger partial charge in [-0.05, 0) is 63.0 Å². The third-order valence-corrected chi connectivity index (χ3v) is 3.52. The first-order valence-electron chi connectivity index (χ1n) is 6.74. The normalized spacial score (nSPS) is 16.1. The third kappa shape index (κ3) is 4.87. The van der Waals surface area contributed by atoms with Gasteiger partial charge >= 0.3 is 0 Å². The zero-order valence-corrected chi connectivity index (χ0v) is 12.0. The van der Waals surface area contributed by atoms with E-state index in [-0.39, 0.29) is 12.4 Å². The molecule has 1 heterocycles. The molecule has 0 spiro atoms. The molecule has 1 aromatic rings. The van der Waals surface area contributed by atoms with Crippen molar-refractivity contribution >= 4 is 12.4 Å². The smallest absolute Gasteiger partial charge is 0.119 e. The first-order chi connectivity index (χ1) is 8.38. The van der Waals surface area contributed by atoms with E-state index in [1.54, 1.807) is 7.11 Å². The maximum Gasteiger partial charge on any atom is 0.119 e. The predicted octanol–water partition coefficient (Wildman–Crippen LogP) is 3.54. The highest BCUT2D eigenvalue weighted by atomic mass is 35.5. The van der Waals surface area contributed by atoms with Crippen LogP contribution in [-0.2, 0) is 6.42 Å². The van der Waals surface area contributed by atoms with Gasteiger partial charge in [0, 0.05) is 0 Å². The van der Waals surface area contributed by atoms with Crippen LogP contribution in [0, 0.1) is 0 Å². The second-order valence-corrected chi connectivity index (χ2v) is 4.86. The summed E-state index contributed by atoms with van der Waals surface area (Å²) in [5, 5.41) is 0. The van der Waals surface area contributed by atoms with Gasteiger partial charge in [0.2, 0.25) is 0 Å². The van der Waals surface area contributed by atoms with Crippen LogP contribution >= 0.6 is 12.4 Å². The minimum atomic E-state index is 0. The second kappa shape index (κ2) is 8.39. The van der Waals surface area contributed by atoms with E-state index < -0.39 is 0 Å². The monoisotopic (exact) mass is 269 g/mol. The summed E-state index contributed by atoms with van der Waals surface area (Å²) in [6, 6.07) is 8.43. The molecule has 1 aromatic carbocycles. The van der Waals surface area contributed by atoms with E-state index in [1.807, 2.05) is 6.07 Å². The van der Waals surface area contributed by atoms with Crippen molar-refractivity contribution in [3.63, 3.8) is 0 Å². The van der Waals surface area contributed by atoms with E-state index in [0.717, 1.165) is 12.2 Å². The molecule has 0 atom stereocenters. The zero-order valence-electron chi connectivity index (χ0n) is 11.2. The van der Waals surface area contributed by atoms with Gasteiger partial charge in [0.15, 0.2) is 0 Å². The van der Waals surface area contributed by atoms with E-state index in [4.69, 9.17) is 4.74 Å². The van der Waals surface area contributed by atoms with Gasteiger partial charge in [-0.2, -0.15) is 0 Å². The van der Waals surface area contributed by atoms with E-state index in [0.29, 0.717) is 0 Å². The Hall–Kier alpha value is -0.730. The summed E-state index contributed by atoms with van der Waals surface area (Å²) in [6.45, 7) is 3.85. The van der Waals surface area contributed by atoms with Crippen LogP contribution in [0.4, 0.5) is 0 Å². The van der Waals surface area contributed by atoms with Crippen LogP contribution in [0.25, 0.3) is 0 Å². The summed E-state index contributed by atoms with van der Waals surface area (Å²) in [7, 11) is 1.73. The molecule has 1 aliphatic rings. The molecule has 1 saturated heterocycles. The van der Waals surface area contributed by atoms with Crippen molar-refractivity contribution in [2.45, 2.75) is 32.1 Å². The van der Waals surface area contributed by atoms with Gasteiger partial charge in [-0.3, -0.25) is 0 Å². The first-order valence-corrected chi connectivity index (χ1v) is 6.74. The first kappa shape index (κ1) is 15.3. The van der Waals surface area contributed by atoms with Crippen LogP contribution in [0.15, 0.2) is 24.3 Å². The molecule has 102 valence electrons. The van der Waals surface area contributed by atoms with E-state index in [1.165, 1.54) is 50.9 Å². The van der Waals surface area contributed by atoms with Crippen LogP contribution in [0.1, 0.15) is 31.2 Å². The predicted molar refractivity (Wildman–Crippen MR) is 78.9 cm³/mol. The van der Waals surface area contributed by atoms with Crippen molar-refractivity contribution in [3.8, 4) is 5.75 Å². The lowest BCUT2D eigenvalue weighted by Gasteiger charge is -2.26. The SMILES string of the molecule is COc1cccc(CCCN2CCCCC2)c1.Cl. The molecule has 0 bridgehead atoms. The summed E-state index contributed by atoms with van der Waals surface area (Å²) in [6.07, 6.45) is 6.62. The second-order valence-electron chi connectivity index (χ2n) is 4.86. The molecule has 3 heteroatoms. The van der Waals surface area contributed by atoms with Crippen molar-refractivity contribution in [2.75, 3.05) is 26.7 Å². The Morgan fingerprint density at radius 3 is 2.67 bits per heavy atom. The van der Waals surface area contributed by atoms with Gasteiger partial charge in [0.25, 0.3) is 0 Å². The number of nitrogens with zero attached hydrogens (tertiary/aromatic N) is 1. The Bertz CT molecular complexity index is 337. The molecular formula is C15H24ClNO.